The Balaban J connectivity index is 3.81. The van der Waals surface area contributed by atoms with Gasteiger partial charge in [0.2, 0.25) is 0 Å². The van der Waals surface area contributed by atoms with Gasteiger partial charge in [-0.3, -0.25) is 4.79 Å². The third kappa shape index (κ3) is 5.17. The molecule has 0 spiro atoms. The second kappa shape index (κ2) is 7.53. The molecular weight excluding hydrogens is 172 g/mol. The van der Waals surface area contributed by atoms with Crippen molar-refractivity contribution in [1.29, 1.82) is 5.26 Å². The number of ether oxygens (including phenoxy) is 1. The molecule has 0 radical (unpaired) electrons. The van der Waals surface area contributed by atoms with Crippen LogP contribution in [0.5, 0.6) is 0 Å². The standard InChI is InChI=1S/C8H14N2O3/c1-13-8(12)7(2-3-9)6-10-4-5-11/h7,10-11H,2,4-6H2,1H3. The third-order valence-corrected chi connectivity index (χ3v) is 1.55. The molecule has 0 aliphatic carbocycles. The van der Waals surface area contributed by atoms with Crippen molar-refractivity contribution in [2.45, 2.75) is 6.42 Å². The predicted octanol–water partition coefficient (Wildman–Crippen LogP) is -0.729. The number of hydrogen-bond acceptors (Lipinski definition) is 5. The summed E-state index contributed by atoms with van der Waals surface area (Å²) in [5.74, 6) is -0.839. The Labute approximate surface area is 77.3 Å². The molecule has 0 aromatic rings. The normalized spacial score (nSPS) is 11.8. The van der Waals surface area contributed by atoms with E-state index in [-0.39, 0.29) is 13.0 Å². The van der Waals surface area contributed by atoms with Gasteiger partial charge in [-0.2, -0.15) is 5.26 Å². The number of aliphatic hydroxyl groups is 1. The lowest BCUT2D eigenvalue weighted by molar-refractivity contribution is -0.145. The molecule has 0 heterocycles. The van der Waals surface area contributed by atoms with E-state index in [1.807, 2.05) is 6.07 Å². The summed E-state index contributed by atoms with van der Waals surface area (Å²) < 4.78 is 4.50. The zero-order valence-electron chi connectivity index (χ0n) is 7.62. The van der Waals surface area contributed by atoms with Crippen LogP contribution in [0.3, 0.4) is 0 Å². The summed E-state index contributed by atoms with van der Waals surface area (Å²) >= 11 is 0. The molecule has 0 rings (SSSR count). The van der Waals surface area contributed by atoms with Gasteiger partial charge in [-0.1, -0.05) is 0 Å². The Bertz CT molecular complexity index is 188. The van der Waals surface area contributed by atoms with Crippen molar-refractivity contribution in [3.63, 3.8) is 0 Å². The highest BCUT2D eigenvalue weighted by atomic mass is 16.5. The molecule has 5 nitrogen and oxygen atoms in total. The number of rotatable bonds is 6. The van der Waals surface area contributed by atoms with Gasteiger partial charge in [-0.05, 0) is 0 Å². The fourth-order valence-corrected chi connectivity index (χ4v) is 0.871. The van der Waals surface area contributed by atoms with Crippen LogP contribution in [0.2, 0.25) is 0 Å². The average Bonchev–Trinajstić information content (AvgIpc) is 2.16. The van der Waals surface area contributed by atoms with Crippen LogP contribution in [0.4, 0.5) is 0 Å². The largest absolute Gasteiger partial charge is 0.469 e. The highest BCUT2D eigenvalue weighted by molar-refractivity contribution is 5.72. The van der Waals surface area contributed by atoms with Crippen molar-refractivity contribution in [2.75, 3.05) is 26.8 Å². The number of carbonyl (C=O) groups is 1. The first-order valence-corrected chi connectivity index (χ1v) is 4.02. The molecule has 0 aliphatic rings. The van der Waals surface area contributed by atoms with Crippen LogP contribution in [-0.2, 0) is 9.53 Å². The van der Waals surface area contributed by atoms with Crippen molar-refractivity contribution < 1.29 is 14.6 Å². The van der Waals surface area contributed by atoms with Gasteiger partial charge in [0.1, 0.15) is 0 Å². The van der Waals surface area contributed by atoms with Crippen LogP contribution < -0.4 is 5.32 Å². The van der Waals surface area contributed by atoms with Crippen molar-refractivity contribution in [1.82, 2.24) is 5.32 Å². The molecule has 74 valence electrons. The lowest BCUT2D eigenvalue weighted by atomic mass is 10.1. The molecule has 5 heteroatoms. The number of nitriles is 1. The Kier molecular flexibility index (Phi) is 6.88. The molecule has 2 N–H and O–H groups in total. The van der Waals surface area contributed by atoms with Crippen LogP contribution >= 0.6 is 0 Å². The third-order valence-electron chi connectivity index (χ3n) is 1.55. The molecular formula is C8H14N2O3. The van der Waals surface area contributed by atoms with Gasteiger partial charge < -0.3 is 15.2 Å². The molecule has 0 aliphatic heterocycles. The zero-order valence-corrected chi connectivity index (χ0v) is 7.62. The monoisotopic (exact) mass is 186 g/mol. The van der Waals surface area contributed by atoms with E-state index < -0.39 is 11.9 Å². The van der Waals surface area contributed by atoms with Gasteiger partial charge in [0.15, 0.2) is 0 Å². The van der Waals surface area contributed by atoms with Gasteiger partial charge in [0, 0.05) is 19.5 Å². The maximum atomic E-state index is 11.0. The van der Waals surface area contributed by atoms with Gasteiger partial charge in [0.05, 0.1) is 25.7 Å². The minimum absolute atomic E-state index is 0.0143. The van der Waals surface area contributed by atoms with E-state index in [4.69, 9.17) is 10.4 Å². The summed E-state index contributed by atoms with van der Waals surface area (Å²) in [6, 6.07) is 1.91. The topological polar surface area (TPSA) is 82.4 Å². The summed E-state index contributed by atoms with van der Waals surface area (Å²) in [6.07, 6.45) is 0.130. The van der Waals surface area contributed by atoms with Crippen molar-refractivity contribution in [3.8, 4) is 6.07 Å². The Morgan fingerprint density at radius 1 is 1.77 bits per heavy atom. The van der Waals surface area contributed by atoms with Gasteiger partial charge in [0.25, 0.3) is 0 Å². The lowest BCUT2D eigenvalue weighted by Crippen LogP contribution is -2.30. The van der Waals surface area contributed by atoms with Gasteiger partial charge >= 0.3 is 5.97 Å². The summed E-state index contributed by atoms with van der Waals surface area (Å²) in [6.45, 7) is 0.792. The minimum Gasteiger partial charge on any atom is -0.469 e. The second-order valence-electron chi connectivity index (χ2n) is 2.51. The molecule has 0 bridgehead atoms. The van der Waals surface area contributed by atoms with Crippen LogP contribution in [0.15, 0.2) is 0 Å². The summed E-state index contributed by atoms with van der Waals surface area (Å²) in [7, 11) is 1.29. The van der Waals surface area contributed by atoms with E-state index in [0.29, 0.717) is 13.1 Å². The van der Waals surface area contributed by atoms with E-state index in [2.05, 4.69) is 10.1 Å². The smallest absolute Gasteiger partial charge is 0.311 e. The van der Waals surface area contributed by atoms with E-state index in [9.17, 15) is 4.79 Å². The molecule has 0 fully saturated rings. The van der Waals surface area contributed by atoms with Crippen molar-refractivity contribution in [2.24, 2.45) is 5.92 Å². The first kappa shape index (κ1) is 11.9. The molecule has 0 saturated heterocycles. The van der Waals surface area contributed by atoms with E-state index in [0.717, 1.165) is 0 Å². The number of nitrogens with zero attached hydrogens (tertiary/aromatic N) is 1. The Hall–Kier alpha value is -1.12. The maximum absolute atomic E-state index is 11.0. The highest BCUT2D eigenvalue weighted by Crippen LogP contribution is 2.02. The van der Waals surface area contributed by atoms with Gasteiger partial charge in [-0.25, -0.2) is 0 Å². The number of methoxy groups -OCH3 is 1. The predicted molar refractivity (Wildman–Crippen MR) is 45.7 cm³/mol. The van der Waals surface area contributed by atoms with E-state index in [1.54, 1.807) is 0 Å². The molecule has 13 heavy (non-hydrogen) atoms. The van der Waals surface area contributed by atoms with E-state index in [1.165, 1.54) is 7.11 Å². The van der Waals surface area contributed by atoms with Crippen molar-refractivity contribution >= 4 is 5.97 Å². The number of carbonyl (C=O) groups excluding carboxylic acids is 1. The molecule has 0 amide bonds. The molecule has 0 aromatic carbocycles. The quantitative estimate of drug-likeness (QED) is 0.422. The SMILES string of the molecule is COC(=O)C(CC#N)CNCCO. The molecule has 0 aromatic heterocycles. The molecule has 0 saturated carbocycles. The fraction of sp³-hybridized carbons (Fsp3) is 0.750. The van der Waals surface area contributed by atoms with E-state index >= 15 is 0 Å². The molecule has 1 atom stereocenters. The van der Waals surface area contributed by atoms with Crippen LogP contribution in [0, 0.1) is 17.2 Å². The summed E-state index contributed by atoms with van der Waals surface area (Å²) in [5, 5.41) is 19.7. The first-order chi connectivity index (χ1) is 6.26. The lowest BCUT2D eigenvalue weighted by Gasteiger charge is -2.11. The highest BCUT2D eigenvalue weighted by Gasteiger charge is 2.17. The van der Waals surface area contributed by atoms with Crippen LogP contribution in [-0.4, -0.2) is 37.9 Å². The average molecular weight is 186 g/mol. The fourth-order valence-electron chi connectivity index (χ4n) is 0.871. The zero-order chi connectivity index (χ0) is 10.1. The van der Waals surface area contributed by atoms with Gasteiger partial charge in [-0.15, -0.1) is 0 Å². The Morgan fingerprint density at radius 2 is 2.46 bits per heavy atom. The summed E-state index contributed by atoms with van der Waals surface area (Å²) in [5.41, 5.74) is 0. The number of esters is 1. The minimum atomic E-state index is -0.443. The summed E-state index contributed by atoms with van der Waals surface area (Å²) in [4.78, 5) is 11.0. The maximum Gasteiger partial charge on any atom is 0.311 e. The van der Waals surface area contributed by atoms with Crippen molar-refractivity contribution in [3.05, 3.63) is 0 Å². The molecule has 1 unspecified atom stereocenters. The van der Waals surface area contributed by atoms with Crippen LogP contribution in [0.1, 0.15) is 6.42 Å². The second-order valence-corrected chi connectivity index (χ2v) is 2.51. The number of nitrogens with one attached hydrogen (secondary N) is 1. The van der Waals surface area contributed by atoms with Crippen LogP contribution in [0.25, 0.3) is 0 Å². The number of hydrogen-bond donors (Lipinski definition) is 2. The number of aliphatic hydroxyl groups excluding tert-OH is 1. The Morgan fingerprint density at radius 3 is 2.92 bits per heavy atom. The first-order valence-electron chi connectivity index (χ1n) is 4.02.